The van der Waals surface area contributed by atoms with Crippen molar-refractivity contribution in [2.75, 3.05) is 27.8 Å². The van der Waals surface area contributed by atoms with Crippen molar-refractivity contribution in [3.8, 4) is 11.5 Å². The van der Waals surface area contributed by atoms with Gasteiger partial charge >= 0.3 is 0 Å². The summed E-state index contributed by atoms with van der Waals surface area (Å²) in [5, 5.41) is 2.16. The maximum absolute atomic E-state index is 5.35. The van der Waals surface area contributed by atoms with Gasteiger partial charge in [-0.2, -0.15) is 0 Å². The van der Waals surface area contributed by atoms with Gasteiger partial charge in [-0.3, -0.25) is 0 Å². The molecular weight excluding hydrogens is 282 g/mol. The van der Waals surface area contributed by atoms with Crippen molar-refractivity contribution in [1.29, 1.82) is 0 Å². The molecule has 0 aliphatic heterocycles. The van der Waals surface area contributed by atoms with Gasteiger partial charge in [0.2, 0.25) is 0 Å². The van der Waals surface area contributed by atoms with Gasteiger partial charge in [-0.25, -0.2) is 0 Å². The monoisotopic (exact) mass is 305 g/mol. The van der Waals surface area contributed by atoms with E-state index in [1.807, 2.05) is 17.4 Å². The minimum absolute atomic E-state index is 0.781. The Balaban J connectivity index is 1.92. The third-order valence-electron chi connectivity index (χ3n) is 3.61. The molecule has 1 aromatic carbocycles. The van der Waals surface area contributed by atoms with Crippen LogP contribution in [0.4, 0.5) is 0 Å². The second kappa shape index (κ2) is 7.48. The average molecular weight is 305 g/mol. The summed E-state index contributed by atoms with van der Waals surface area (Å²) in [6.07, 6.45) is 1.00. The summed E-state index contributed by atoms with van der Waals surface area (Å²) in [7, 11) is 5.50. The molecule has 0 spiro atoms. The molecule has 0 unspecified atom stereocenters. The minimum Gasteiger partial charge on any atom is -0.493 e. The van der Waals surface area contributed by atoms with E-state index >= 15 is 0 Å². The Labute approximate surface area is 131 Å². The number of benzene rings is 1. The quantitative estimate of drug-likeness (QED) is 0.777. The number of ether oxygens (including phenoxy) is 2. The molecule has 4 heteroatoms. The maximum atomic E-state index is 5.35. The van der Waals surface area contributed by atoms with E-state index in [2.05, 4.69) is 42.5 Å². The molecule has 0 radical (unpaired) electrons. The average Bonchev–Trinajstić information content (AvgIpc) is 2.90. The molecule has 0 fully saturated rings. The number of hydrogen-bond donors (Lipinski definition) is 0. The number of thiophene rings is 1. The van der Waals surface area contributed by atoms with Crippen LogP contribution in [-0.2, 0) is 13.0 Å². The van der Waals surface area contributed by atoms with Gasteiger partial charge in [0.05, 0.1) is 14.2 Å². The number of likely N-dealkylation sites (N-methyl/N-ethyl adjacent to an activating group) is 1. The Morgan fingerprint density at radius 1 is 1.10 bits per heavy atom. The number of methoxy groups -OCH3 is 2. The Bertz CT molecular complexity index is 580. The molecule has 0 saturated heterocycles. The minimum atomic E-state index is 0.781. The van der Waals surface area contributed by atoms with E-state index in [9.17, 15) is 0 Å². The summed E-state index contributed by atoms with van der Waals surface area (Å²) in [6, 6.07) is 8.31. The van der Waals surface area contributed by atoms with Crippen molar-refractivity contribution in [1.82, 2.24) is 4.90 Å². The van der Waals surface area contributed by atoms with Crippen molar-refractivity contribution >= 4 is 11.3 Å². The van der Waals surface area contributed by atoms with E-state index in [4.69, 9.17) is 9.47 Å². The lowest BCUT2D eigenvalue weighted by Gasteiger charge is -2.17. The lowest BCUT2D eigenvalue weighted by atomic mass is 10.1. The van der Waals surface area contributed by atoms with Gasteiger partial charge in [-0.05, 0) is 55.1 Å². The van der Waals surface area contributed by atoms with Crippen LogP contribution in [0.3, 0.4) is 0 Å². The Kier molecular flexibility index (Phi) is 5.65. The van der Waals surface area contributed by atoms with Crippen LogP contribution >= 0.6 is 11.3 Å². The molecule has 21 heavy (non-hydrogen) atoms. The predicted molar refractivity (Wildman–Crippen MR) is 88.6 cm³/mol. The van der Waals surface area contributed by atoms with Crippen LogP contribution in [0.2, 0.25) is 0 Å². The van der Waals surface area contributed by atoms with Gasteiger partial charge in [0.25, 0.3) is 0 Å². The van der Waals surface area contributed by atoms with Gasteiger partial charge in [0.15, 0.2) is 11.5 Å². The van der Waals surface area contributed by atoms with Crippen molar-refractivity contribution in [2.24, 2.45) is 0 Å². The molecule has 0 bridgehead atoms. The van der Waals surface area contributed by atoms with Crippen LogP contribution in [0, 0.1) is 6.92 Å². The lowest BCUT2D eigenvalue weighted by Crippen LogP contribution is -2.20. The summed E-state index contributed by atoms with van der Waals surface area (Å²) in [6.45, 7) is 4.21. The molecule has 1 aromatic heterocycles. The smallest absolute Gasteiger partial charge is 0.160 e. The fourth-order valence-corrected chi connectivity index (χ4v) is 3.23. The summed E-state index contributed by atoms with van der Waals surface area (Å²) in [4.78, 5) is 3.81. The van der Waals surface area contributed by atoms with E-state index in [0.717, 1.165) is 31.0 Å². The first kappa shape index (κ1) is 15.9. The van der Waals surface area contributed by atoms with Crippen LogP contribution in [0.1, 0.15) is 16.0 Å². The standard InChI is InChI=1S/C17H23NO2S/c1-13-8-10-21-17(13)12-18(2)9-7-14-5-6-15(19-3)16(11-14)20-4/h5-6,8,10-11H,7,9,12H2,1-4H3. The van der Waals surface area contributed by atoms with Crippen molar-refractivity contribution in [3.05, 3.63) is 45.6 Å². The molecule has 0 amide bonds. The third kappa shape index (κ3) is 4.22. The van der Waals surface area contributed by atoms with Crippen LogP contribution in [0.25, 0.3) is 0 Å². The van der Waals surface area contributed by atoms with Gasteiger partial charge < -0.3 is 14.4 Å². The van der Waals surface area contributed by atoms with Gasteiger partial charge in [-0.1, -0.05) is 6.07 Å². The molecule has 2 rings (SSSR count). The predicted octanol–water partition coefficient (Wildman–Crippen LogP) is 3.75. The lowest BCUT2D eigenvalue weighted by molar-refractivity contribution is 0.332. The first-order valence-electron chi connectivity index (χ1n) is 7.06. The second-order valence-electron chi connectivity index (χ2n) is 5.20. The Hall–Kier alpha value is -1.52. The summed E-state index contributed by atoms with van der Waals surface area (Å²) in [5.41, 5.74) is 2.65. The SMILES string of the molecule is COc1ccc(CCN(C)Cc2sccc2C)cc1OC. The molecule has 3 nitrogen and oxygen atoms in total. The van der Waals surface area contributed by atoms with Gasteiger partial charge in [-0.15, -0.1) is 11.3 Å². The van der Waals surface area contributed by atoms with Crippen LogP contribution in [-0.4, -0.2) is 32.7 Å². The van der Waals surface area contributed by atoms with E-state index in [0.29, 0.717) is 0 Å². The number of nitrogens with zero attached hydrogens (tertiary/aromatic N) is 1. The molecule has 0 aliphatic carbocycles. The van der Waals surface area contributed by atoms with E-state index in [1.165, 1.54) is 16.0 Å². The third-order valence-corrected chi connectivity index (χ3v) is 4.62. The fraction of sp³-hybridized carbons (Fsp3) is 0.412. The Morgan fingerprint density at radius 3 is 2.48 bits per heavy atom. The van der Waals surface area contributed by atoms with Gasteiger partial charge in [0.1, 0.15) is 0 Å². The summed E-state index contributed by atoms with van der Waals surface area (Å²) >= 11 is 1.83. The zero-order chi connectivity index (χ0) is 15.2. The van der Waals surface area contributed by atoms with Crippen LogP contribution in [0.5, 0.6) is 11.5 Å². The van der Waals surface area contributed by atoms with Crippen LogP contribution < -0.4 is 9.47 Å². The highest BCUT2D eigenvalue weighted by Crippen LogP contribution is 2.27. The largest absolute Gasteiger partial charge is 0.493 e. The zero-order valence-corrected chi connectivity index (χ0v) is 14.0. The molecule has 114 valence electrons. The molecule has 0 atom stereocenters. The molecular formula is C17H23NO2S. The second-order valence-corrected chi connectivity index (χ2v) is 6.20. The summed E-state index contributed by atoms with van der Waals surface area (Å²) in [5.74, 6) is 1.58. The maximum Gasteiger partial charge on any atom is 0.160 e. The zero-order valence-electron chi connectivity index (χ0n) is 13.2. The molecule has 2 aromatic rings. The fourth-order valence-electron chi connectivity index (χ4n) is 2.25. The van der Waals surface area contributed by atoms with E-state index in [1.54, 1.807) is 14.2 Å². The molecule has 0 N–H and O–H groups in total. The molecule has 1 heterocycles. The highest BCUT2D eigenvalue weighted by molar-refractivity contribution is 7.10. The first-order valence-corrected chi connectivity index (χ1v) is 7.94. The molecule has 0 aliphatic rings. The van der Waals surface area contributed by atoms with Crippen LogP contribution in [0.15, 0.2) is 29.6 Å². The Morgan fingerprint density at radius 2 is 1.86 bits per heavy atom. The van der Waals surface area contributed by atoms with Crippen molar-refractivity contribution in [2.45, 2.75) is 19.9 Å². The first-order chi connectivity index (χ1) is 10.1. The number of aryl methyl sites for hydroxylation is 1. The molecule has 0 saturated carbocycles. The van der Waals surface area contributed by atoms with Gasteiger partial charge in [0, 0.05) is 18.0 Å². The van der Waals surface area contributed by atoms with E-state index < -0.39 is 0 Å². The van der Waals surface area contributed by atoms with Crippen molar-refractivity contribution < 1.29 is 9.47 Å². The number of hydrogen-bond acceptors (Lipinski definition) is 4. The number of rotatable bonds is 7. The topological polar surface area (TPSA) is 21.7 Å². The van der Waals surface area contributed by atoms with Crippen molar-refractivity contribution in [3.63, 3.8) is 0 Å². The highest BCUT2D eigenvalue weighted by atomic mass is 32.1. The summed E-state index contributed by atoms with van der Waals surface area (Å²) < 4.78 is 10.6. The van der Waals surface area contributed by atoms with E-state index in [-0.39, 0.29) is 0 Å². The highest BCUT2D eigenvalue weighted by Gasteiger charge is 2.07. The normalized spacial score (nSPS) is 10.9.